The largest absolute Gasteiger partial charge is 0.338 e. The molecule has 0 bridgehead atoms. The van der Waals surface area contributed by atoms with Crippen molar-refractivity contribution in [1.29, 1.82) is 0 Å². The molecule has 1 fully saturated rings. The zero-order valence-corrected chi connectivity index (χ0v) is 21.2. The number of para-hydroxylation sites is 1. The van der Waals surface area contributed by atoms with E-state index in [2.05, 4.69) is 15.2 Å². The smallest absolute Gasteiger partial charge is 0.233 e. The van der Waals surface area contributed by atoms with E-state index < -0.39 is 9.84 Å². The van der Waals surface area contributed by atoms with E-state index in [0.29, 0.717) is 23.9 Å². The van der Waals surface area contributed by atoms with Gasteiger partial charge in [0.15, 0.2) is 20.8 Å². The summed E-state index contributed by atoms with van der Waals surface area (Å²) < 4.78 is 26.0. The van der Waals surface area contributed by atoms with Gasteiger partial charge in [-0.3, -0.25) is 14.3 Å². The number of carbonyl (C=O) groups excluding carboxylic acids is 1. The van der Waals surface area contributed by atoms with Crippen LogP contribution in [0.4, 0.5) is 0 Å². The number of hydrogen-bond acceptors (Lipinski definition) is 7. The molecule has 3 heterocycles. The molecule has 0 spiro atoms. The van der Waals surface area contributed by atoms with Gasteiger partial charge in [0.1, 0.15) is 0 Å². The van der Waals surface area contributed by atoms with Crippen LogP contribution in [0.2, 0.25) is 0 Å². The summed E-state index contributed by atoms with van der Waals surface area (Å²) in [6.07, 6.45) is 3.94. The summed E-state index contributed by atoms with van der Waals surface area (Å²) in [6.45, 7) is 6.62. The van der Waals surface area contributed by atoms with Gasteiger partial charge in [0, 0.05) is 30.5 Å². The highest BCUT2D eigenvalue weighted by atomic mass is 32.2. The molecule has 1 aliphatic heterocycles. The van der Waals surface area contributed by atoms with Gasteiger partial charge in [-0.25, -0.2) is 8.42 Å². The van der Waals surface area contributed by atoms with Gasteiger partial charge in [-0.15, -0.1) is 10.2 Å². The Hall–Kier alpha value is -2.72. The van der Waals surface area contributed by atoms with Gasteiger partial charge in [0.25, 0.3) is 0 Å². The minimum atomic E-state index is -3.08. The second-order valence-electron chi connectivity index (χ2n) is 8.96. The molecular formula is C24H29N5O3S2. The summed E-state index contributed by atoms with van der Waals surface area (Å²) in [6, 6.07) is 11.5. The highest BCUT2D eigenvalue weighted by Gasteiger charge is 2.35. The van der Waals surface area contributed by atoms with E-state index in [1.54, 1.807) is 17.3 Å². The van der Waals surface area contributed by atoms with Crippen LogP contribution in [0.15, 0.2) is 53.9 Å². The average molecular weight is 500 g/mol. The Morgan fingerprint density at radius 3 is 2.65 bits per heavy atom. The van der Waals surface area contributed by atoms with Crippen LogP contribution in [-0.4, -0.2) is 68.8 Å². The molecule has 10 heteroatoms. The number of nitrogens with zero attached hydrogens (tertiary/aromatic N) is 5. The molecule has 0 saturated carbocycles. The van der Waals surface area contributed by atoms with E-state index in [1.807, 2.05) is 61.7 Å². The Labute approximate surface area is 204 Å². The molecule has 1 saturated heterocycles. The summed E-state index contributed by atoms with van der Waals surface area (Å²) in [5, 5.41) is 9.43. The van der Waals surface area contributed by atoms with Gasteiger partial charge in [0.2, 0.25) is 5.91 Å². The lowest BCUT2D eigenvalue weighted by Crippen LogP contribution is -2.44. The minimum absolute atomic E-state index is 0.0423. The first-order valence-corrected chi connectivity index (χ1v) is 14.1. The number of benzene rings is 1. The fourth-order valence-corrected chi connectivity index (χ4v) is 6.72. The van der Waals surface area contributed by atoms with E-state index in [1.165, 1.54) is 11.8 Å². The molecule has 0 aliphatic carbocycles. The summed E-state index contributed by atoms with van der Waals surface area (Å²) >= 11 is 1.32. The summed E-state index contributed by atoms with van der Waals surface area (Å²) in [7, 11) is -3.08. The molecule has 0 N–H and O–H groups in total. The van der Waals surface area contributed by atoms with Crippen LogP contribution in [0.1, 0.15) is 25.8 Å². The first-order chi connectivity index (χ1) is 16.2. The predicted molar refractivity (Wildman–Crippen MR) is 134 cm³/mol. The van der Waals surface area contributed by atoms with Crippen LogP contribution in [0.25, 0.3) is 17.1 Å². The van der Waals surface area contributed by atoms with Gasteiger partial charge in [0.05, 0.1) is 22.9 Å². The van der Waals surface area contributed by atoms with E-state index in [4.69, 9.17) is 0 Å². The van der Waals surface area contributed by atoms with Crippen molar-refractivity contribution < 1.29 is 13.2 Å². The number of sulfone groups is 1. The second kappa shape index (κ2) is 10.3. The zero-order chi connectivity index (χ0) is 24.3. The van der Waals surface area contributed by atoms with Crippen LogP contribution in [0.3, 0.4) is 0 Å². The van der Waals surface area contributed by atoms with Crippen molar-refractivity contribution in [2.75, 3.05) is 23.8 Å². The van der Waals surface area contributed by atoms with Gasteiger partial charge in [-0.2, -0.15) is 0 Å². The number of hydrogen-bond donors (Lipinski definition) is 0. The Bertz CT molecular complexity index is 1260. The van der Waals surface area contributed by atoms with Gasteiger partial charge in [-0.1, -0.05) is 43.8 Å². The molecule has 3 aromatic rings. The van der Waals surface area contributed by atoms with Crippen molar-refractivity contribution in [3.8, 4) is 17.1 Å². The van der Waals surface area contributed by atoms with Crippen LogP contribution >= 0.6 is 11.8 Å². The molecule has 8 nitrogen and oxygen atoms in total. The molecule has 180 valence electrons. The number of amides is 1. The fraction of sp³-hybridized carbons (Fsp3) is 0.417. The Morgan fingerprint density at radius 1 is 1.21 bits per heavy atom. The number of aromatic nitrogens is 4. The van der Waals surface area contributed by atoms with Gasteiger partial charge in [-0.05, 0) is 43.0 Å². The van der Waals surface area contributed by atoms with E-state index in [-0.39, 0.29) is 35.1 Å². The van der Waals surface area contributed by atoms with Crippen molar-refractivity contribution >= 4 is 27.5 Å². The number of carbonyl (C=O) groups is 1. The standard InChI is InChI=1S/C24H29N5O3S2/c1-17(2)14-28(20-10-12-34(31,32)16-20)22(30)15-33-24-27-26-23(19-8-6-11-25-13-19)29(24)21-9-5-4-7-18(21)3/h4-9,11,13,17,20H,10,12,14-16H2,1-3H3. The first kappa shape index (κ1) is 24.4. The SMILES string of the molecule is Cc1ccccc1-n1c(SCC(=O)N(CC(C)C)C2CCS(=O)(=O)C2)nnc1-c1cccnc1. The van der Waals surface area contributed by atoms with Crippen LogP contribution in [0, 0.1) is 12.8 Å². The normalized spacial score (nSPS) is 17.2. The van der Waals surface area contributed by atoms with Crippen molar-refractivity contribution in [1.82, 2.24) is 24.6 Å². The topological polar surface area (TPSA) is 98.1 Å². The summed E-state index contributed by atoms with van der Waals surface area (Å²) in [5.74, 6) is 1.15. The molecule has 1 aromatic carbocycles. The Kier molecular flexibility index (Phi) is 7.37. The molecule has 1 atom stereocenters. The van der Waals surface area contributed by atoms with E-state index >= 15 is 0 Å². The van der Waals surface area contributed by atoms with E-state index in [0.717, 1.165) is 16.8 Å². The minimum Gasteiger partial charge on any atom is -0.338 e. The monoisotopic (exact) mass is 499 g/mol. The highest BCUT2D eigenvalue weighted by molar-refractivity contribution is 7.99. The summed E-state index contributed by atoms with van der Waals surface area (Å²) in [4.78, 5) is 19.2. The third-order valence-corrected chi connectivity index (χ3v) is 8.43. The first-order valence-electron chi connectivity index (χ1n) is 11.3. The number of thioether (sulfide) groups is 1. The maximum absolute atomic E-state index is 13.3. The lowest BCUT2D eigenvalue weighted by atomic mass is 10.1. The number of rotatable bonds is 8. The Morgan fingerprint density at radius 2 is 2.00 bits per heavy atom. The average Bonchev–Trinajstić information content (AvgIpc) is 3.39. The molecule has 1 amide bonds. The van der Waals surface area contributed by atoms with Crippen LogP contribution in [-0.2, 0) is 14.6 Å². The second-order valence-corrected chi connectivity index (χ2v) is 12.1. The molecule has 0 radical (unpaired) electrons. The summed E-state index contributed by atoms with van der Waals surface area (Å²) in [5.41, 5.74) is 2.81. The van der Waals surface area contributed by atoms with Crippen molar-refractivity contribution in [2.24, 2.45) is 5.92 Å². The molecule has 1 aliphatic rings. The van der Waals surface area contributed by atoms with Crippen LogP contribution in [0.5, 0.6) is 0 Å². The number of aryl methyl sites for hydroxylation is 1. The third-order valence-electron chi connectivity index (χ3n) is 5.77. The molecular weight excluding hydrogens is 470 g/mol. The van der Waals surface area contributed by atoms with Crippen molar-refractivity contribution in [3.05, 3.63) is 54.4 Å². The lowest BCUT2D eigenvalue weighted by Gasteiger charge is -2.30. The quantitative estimate of drug-likeness (QED) is 0.438. The predicted octanol–water partition coefficient (Wildman–Crippen LogP) is 3.40. The fourth-order valence-electron chi connectivity index (χ4n) is 4.16. The van der Waals surface area contributed by atoms with Crippen molar-refractivity contribution in [2.45, 2.75) is 38.4 Å². The molecule has 1 unspecified atom stereocenters. The molecule has 2 aromatic heterocycles. The Balaban J connectivity index is 1.62. The van der Waals surface area contributed by atoms with Gasteiger partial charge < -0.3 is 4.90 Å². The zero-order valence-electron chi connectivity index (χ0n) is 19.6. The maximum Gasteiger partial charge on any atom is 0.233 e. The highest BCUT2D eigenvalue weighted by Crippen LogP contribution is 2.30. The van der Waals surface area contributed by atoms with Crippen molar-refractivity contribution in [3.63, 3.8) is 0 Å². The lowest BCUT2D eigenvalue weighted by molar-refractivity contribution is -0.130. The van der Waals surface area contributed by atoms with Gasteiger partial charge >= 0.3 is 0 Å². The molecule has 4 rings (SSSR count). The molecule has 34 heavy (non-hydrogen) atoms. The number of pyridine rings is 1. The van der Waals surface area contributed by atoms with Crippen LogP contribution < -0.4 is 0 Å². The van der Waals surface area contributed by atoms with E-state index in [9.17, 15) is 13.2 Å². The maximum atomic E-state index is 13.3. The third kappa shape index (κ3) is 5.50.